The number of urea groups is 2. The van der Waals surface area contributed by atoms with Crippen molar-refractivity contribution in [1.82, 2.24) is 20.1 Å². The number of ether oxygens (including phenoxy) is 1. The van der Waals surface area contributed by atoms with E-state index >= 15 is 0 Å². The van der Waals surface area contributed by atoms with E-state index in [-0.39, 0.29) is 12.1 Å². The van der Waals surface area contributed by atoms with Crippen molar-refractivity contribution >= 4 is 40.2 Å². The molecule has 0 fully saturated rings. The summed E-state index contributed by atoms with van der Waals surface area (Å²) in [5.74, 6) is 1.79. The predicted molar refractivity (Wildman–Crippen MR) is 175 cm³/mol. The van der Waals surface area contributed by atoms with Crippen molar-refractivity contribution in [1.29, 1.82) is 0 Å². The zero-order valence-electron chi connectivity index (χ0n) is 25.2. The molecule has 0 aliphatic heterocycles. The van der Waals surface area contributed by atoms with Crippen LogP contribution in [0, 0.1) is 6.92 Å². The summed E-state index contributed by atoms with van der Waals surface area (Å²) in [6, 6.07) is 24.5. The smallest absolute Gasteiger partial charge is 0.324 e. The van der Waals surface area contributed by atoms with Crippen LogP contribution >= 0.6 is 0 Å². The van der Waals surface area contributed by atoms with Gasteiger partial charge in [-0.3, -0.25) is 10.6 Å². The minimum Gasteiger partial charge on any atom is -0.493 e. The molecule has 5 rings (SSSR count). The van der Waals surface area contributed by atoms with Gasteiger partial charge < -0.3 is 15.4 Å². The van der Waals surface area contributed by atoms with Gasteiger partial charge in [-0.05, 0) is 61.7 Å². The van der Waals surface area contributed by atoms with Crippen LogP contribution in [-0.4, -0.2) is 40.5 Å². The van der Waals surface area contributed by atoms with E-state index in [1.165, 1.54) is 0 Å². The molecule has 0 saturated heterocycles. The van der Waals surface area contributed by atoms with Crippen LogP contribution in [0.25, 0.3) is 16.5 Å². The van der Waals surface area contributed by atoms with Gasteiger partial charge in [-0.25, -0.2) is 19.3 Å². The van der Waals surface area contributed by atoms with Crippen LogP contribution in [-0.2, 0) is 12.8 Å². The second kappa shape index (κ2) is 14.2. The summed E-state index contributed by atoms with van der Waals surface area (Å²) >= 11 is 0. The van der Waals surface area contributed by atoms with Crippen molar-refractivity contribution in [3.8, 4) is 11.4 Å². The molecule has 0 unspecified atom stereocenters. The highest BCUT2D eigenvalue weighted by molar-refractivity contribution is 6.07. The van der Waals surface area contributed by atoms with Gasteiger partial charge in [0.1, 0.15) is 17.4 Å². The Kier molecular flexibility index (Phi) is 9.71. The summed E-state index contributed by atoms with van der Waals surface area (Å²) in [6.45, 7) is 4.61. The number of anilines is 3. The molecule has 2 aromatic heterocycles. The average molecular weight is 592 g/mol. The van der Waals surface area contributed by atoms with Gasteiger partial charge in [-0.2, -0.15) is 5.10 Å². The average Bonchev–Trinajstić information content (AvgIpc) is 3.43. The van der Waals surface area contributed by atoms with E-state index in [1.54, 1.807) is 17.9 Å². The van der Waals surface area contributed by atoms with Crippen molar-refractivity contribution in [3.63, 3.8) is 0 Å². The number of carbonyl (C=O) groups excluding carboxylic acids is 2. The lowest BCUT2D eigenvalue weighted by atomic mass is 10.1. The monoisotopic (exact) mass is 591 g/mol. The van der Waals surface area contributed by atoms with E-state index in [1.807, 2.05) is 85.8 Å². The van der Waals surface area contributed by atoms with Crippen LogP contribution in [0.3, 0.4) is 0 Å². The molecule has 226 valence electrons. The molecule has 0 bridgehead atoms. The molecular formula is C34H37N7O3. The zero-order valence-corrected chi connectivity index (χ0v) is 25.2. The molecule has 0 atom stereocenters. The number of benzene rings is 3. The van der Waals surface area contributed by atoms with E-state index in [9.17, 15) is 9.59 Å². The van der Waals surface area contributed by atoms with Crippen LogP contribution in [0.5, 0.6) is 5.75 Å². The van der Waals surface area contributed by atoms with Gasteiger partial charge in [0.2, 0.25) is 0 Å². The maximum Gasteiger partial charge on any atom is 0.324 e. The highest BCUT2D eigenvalue weighted by atomic mass is 16.5. The van der Waals surface area contributed by atoms with E-state index in [4.69, 9.17) is 9.84 Å². The minimum atomic E-state index is -0.363. The van der Waals surface area contributed by atoms with Gasteiger partial charge in [0, 0.05) is 36.5 Å². The summed E-state index contributed by atoms with van der Waals surface area (Å²) in [5, 5.41) is 17.7. The zero-order chi connectivity index (χ0) is 30.9. The highest BCUT2D eigenvalue weighted by Gasteiger charge is 2.15. The third kappa shape index (κ3) is 7.52. The van der Waals surface area contributed by atoms with Crippen molar-refractivity contribution in [2.75, 3.05) is 29.6 Å². The van der Waals surface area contributed by atoms with Crippen molar-refractivity contribution < 1.29 is 14.3 Å². The molecule has 10 heteroatoms. The van der Waals surface area contributed by atoms with Crippen LogP contribution in [0.1, 0.15) is 36.6 Å². The fraction of sp³-hybridized carbons (Fsp3) is 0.235. The summed E-state index contributed by atoms with van der Waals surface area (Å²) in [5.41, 5.74) is 4.61. The highest BCUT2D eigenvalue weighted by Crippen LogP contribution is 2.32. The second-order valence-corrected chi connectivity index (χ2v) is 10.5. The number of unbranched alkanes of at least 4 members (excludes halogenated alkanes) is 1. The summed E-state index contributed by atoms with van der Waals surface area (Å²) in [7, 11) is 1.55. The lowest BCUT2D eigenvalue weighted by Crippen LogP contribution is -2.25. The third-order valence-corrected chi connectivity index (χ3v) is 7.14. The first kappa shape index (κ1) is 30.1. The van der Waals surface area contributed by atoms with Gasteiger partial charge in [-0.15, -0.1) is 0 Å². The van der Waals surface area contributed by atoms with Crippen LogP contribution < -0.4 is 26.0 Å². The Bertz CT molecular complexity index is 1750. The molecule has 4 amide bonds. The number of aryl methyl sites for hydroxylation is 2. The lowest BCUT2D eigenvalue weighted by Gasteiger charge is -2.14. The summed E-state index contributed by atoms with van der Waals surface area (Å²) in [6.07, 6.45) is 5.20. The van der Waals surface area contributed by atoms with Crippen LogP contribution in [0.15, 0.2) is 85.1 Å². The largest absolute Gasteiger partial charge is 0.493 e. The molecule has 0 radical (unpaired) electrons. The fourth-order valence-electron chi connectivity index (χ4n) is 4.81. The Morgan fingerprint density at radius 3 is 2.43 bits per heavy atom. The Morgan fingerprint density at radius 1 is 0.864 bits per heavy atom. The number of aromatic nitrogens is 3. The topological polar surface area (TPSA) is 122 Å². The molecule has 10 nitrogen and oxygen atoms in total. The molecule has 4 N–H and O–H groups in total. The Hall–Kier alpha value is -5.38. The van der Waals surface area contributed by atoms with Crippen molar-refractivity contribution in [3.05, 3.63) is 102 Å². The number of hydrogen-bond donors (Lipinski definition) is 4. The maximum atomic E-state index is 13.3. The molecular weight excluding hydrogens is 554 g/mol. The number of nitrogens with one attached hydrogen (secondary N) is 4. The standard InChI is InChI=1S/C34H37N7O3/c1-4-5-8-25-22-32(41(40-25)26-13-11-23(2)12-14-26)39-34(43)37-29-15-16-30(28-10-7-6-9-27(28)29)44-20-18-24-17-19-36-31(21-24)38-33(42)35-3/h6-7,9-17,19,21-22H,4-5,8,18,20H2,1-3H3,(H2,37,39,43)(H2,35,36,38,42). The molecule has 0 saturated carbocycles. The Balaban J connectivity index is 1.29. The molecule has 44 heavy (non-hydrogen) atoms. The number of hydrogen-bond acceptors (Lipinski definition) is 5. The first-order valence-electron chi connectivity index (χ1n) is 14.8. The van der Waals surface area contributed by atoms with Gasteiger partial charge in [0.05, 0.1) is 23.7 Å². The maximum absolute atomic E-state index is 13.3. The van der Waals surface area contributed by atoms with Gasteiger partial charge in [0.15, 0.2) is 0 Å². The van der Waals surface area contributed by atoms with Gasteiger partial charge in [0.25, 0.3) is 0 Å². The van der Waals surface area contributed by atoms with E-state index in [0.29, 0.717) is 36.1 Å². The summed E-state index contributed by atoms with van der Waals surface area (Å²) in [4.78, 5) is 29.1. The predicted octanol–water partition coefficient (Wildman–Crippen LogP) is 7.09. The second-order valence-electron chi connectivity index (χ2n) is 10.5. The molecule has 0 spiro atoms. The number of rotatable bonds is 11. The van der Waals surface area contributed by atoms with Gasteiger partial charge >= 0.3 is 12.1 Å². The van der Waals surface area contributed by atoms with E-state index in [2.05, 4.69) is 33.2 Å². The first-order chi connectivity index (χ1) is 21.4. The number of nitrogens with zero attached hydrogens (tertiary/aromatic N) is 3. The Labute approximate surface area is 256 Å². The number of fused-ring (bicyclic) bond motifs is 1. The Morgan fingerprint density at radius 2 is 1.66 bits per heavy atom. The fourth-order valence-corrected chi connectivity index (χ4v) is 4.81. The third-order valence-electron chi connectivity index (χ3n) is 7.14. The minimum absolute atomic E-state index is 0.326. The lowest BCUT2D eigenvalue weighted by molar-refractivity contribution is 0.254. The van der Waals surface area contributed by atoms with Gasteiger partial charge in [-0.1, -0.05) is 55.3 Å². The molecule has 0 aliphatic carbocycles. The molecule has 5 aromatic rings. The number of carbonyl (C=O) groups is 2. The number of pyridine rings is 1. The van der Waals surface area contributed by atoms with E-state index in [0.717, 1.165) is 52.5 Å². The van der Waals surface area contributed by atoms with Crippen LogP contribution in [0.4, 0.5) is 26.9 Å². The SMILES string of the molecule is CCCCc1cc(NC(=O)Nc2ccc(OCCc3ccnc(NC(=O)NC)c3)c3ccccc23)n(-c2ccc(C)cc2)n1. The molecule has 3 aromatic carbocycles. The van der Waals surface area contributed by atoms with Crippen LogP contribution in [0.2, 0.25) is 0 Å². The summed E-state index contributed by atoms with van der Waals surface area (Å²) < 4.78 is 7.95. The van der Waals surface area contributed by atoms with Crippen molar-refractivity contribution in [2.24, 2.45) is 0 Å². The first-order valence-corrected chi connectivity index (χ1v) is 14.8. The molecule has 0 aliphatic rings. The van der Waals surface area contributed by atoms with Crippen molar-refractivity contribution in [2.45, 2.75) is 39.5 Å². The quantitative estimate of drug-likeness (QED) is 0.131. The number of amides is 4. The van der Waals surface area contributed by atoms with E-state index < -0.39 is 0 Å². The molecule has 2 heterocycles. The normalized spacial score (nSPS) is 10.8.